The molecule has 1 saturated heterocycles. The number of cyclic esters (lactones) is 1. The first kappa shape index (κ1) is 13.6. The second kappa shape index (κ2) is 7.96. The number of esters is 1. The number of hydrogen-bond acceptors (Lipinski definition) is 4. The zero-order chi connectivity index (χ0) is 11.7. The van der Waals surface area contributed by atoms with Crippen LogP contribution in [0.1, 0.15) is 39.0 Å². The molecule has 1 aliphatic heterocycles. The molecule has 1 heterocycles. The predicted octanol–water partition coefficient (Wildman–Crippen LogP) is 1.15. The number of carbonyl (C=O) groups is 3. The first-order valence-corrected chi connectivity index (χ1v) is 4.89. The summed E-state index contributed by atoms with van der Waals surface area (Å²) < 4.78 is 4.76. The van der Waals surface area contributed by atoms with Crippen molar-refractivity contribution in [2.75, 3.05) is 6.61 Å². The number of ketones is 1. The molecular formula is C10H16O5. The highest BCUT2D eigenvalue weighted by molar-refractivity contribution is 5.93. The van der Waals surface area contributed by atoms with Gasteiger partial charge in [-0.25, -0.2) is 0 Å². The van der Waals surface area contributed by atoms with E-state index in [4.69, 9.17) is 9.84 Å². The monoisotopic (exact) mass is 216 g/mol. The number of Topliss-reactive ketones (excluding diaryl/α,β-unsaturated/α-hetero) is 1. The van der Waals surface area contributed by atoms with E-state index in [2.05, 4.69) is 0 Å². The summed E-state index contributed by atoms with van der Waals surface area (Å²) in [6.45, 7) is 1.88. The number of ether oxygens (including phenoxy) is 1. The number of carbonyl (C=O) groups excluding carboxylic acids is 2. The highest BCUT2D eigenvalue weighted by Gasteiger charge is 2.05. The third-order valence-electron chi connectivity index (χ3n) is 1.69. The van der Waals surface area contributed by atoms with Crippen LogP contribution < -0.4 is 0 Å². The fraction of sp³-hybridized carbons (Fsp3) is 0.700. The minimum Gasteiger partial charge on any atom is -0.481 e. The van der Waals surface area contributed by atoms with Gasteiger partial charge in [-0.3, -0.25) is 14.4 Å². The number of hydrogen-bond donors (Lipinski definition) is 1. The number of rotatable bonds is 2. The van der Waals surface area contributed by atoms with Gasteiger partial charge in [0.05, 0.1) is 6.61 Å². The van der Waals surface area contributed by atoms with E-state index >= 15 is 0 Å². The standard InChI is InChI=1S/C6H10O2.C4H6O3/c7-6-4-2-1-3-5-8-6;1-3(5)2-4(6)7/h1-5H2;2H2,1H3,(H,6,7). The van der Waals surface area contributed by atoms with Crippen LogP contribution in [0.15, 0.2) is 0 Å². The molecule has 15 heavy (non-hydrogen) atoms. The van der Waals surface area contributed by atoms with Crippen molar-refractivity contribution in [3.63, 3.8) is 0 Å². The molecule has 86 valence electrons. The van der Waals surface area contributed by atoms with Gasteiger partial charge in [0.1, 0.15) is 12.2 Å². The van der Waals surface area contributed by atoms with E-state index in [0.717, 1.165) is 19.3 Å². The molecule has 0 aromatic carbocycles. The Balaban J connectivity index is 0.000000265. The molecule has 0 spiro atoms. The van der Waals surface area contributed by atoms with Crippen molar-refractivity contribution in [1.29, 1.82) is 0 Å². The van der Waals surface area contributed by atoms with Crippen LogP contribution in [-0.4, -0.2) is 29.4 Å². The molecule has 0 radical (unpaired) electrons. The van der Waals surface area contributed by atoms with Crippen LogP contribution in [-0.2, 0) is 19.1 Å². The minimum atomic E-state index is -1.06. The summed E-state index contributed by atoms with van der Waals surface area (Å²) in [5.74, 6) is -1.40. The maximum Gasteiger partial charge on any atom is 0.310 e. The van der Waals surface area contributed by atoms with Gasteiger partial charge >= 0.3 is 11.9 Å². The molecule has 1 rings (SSSR count). The van der Waals surface area contributed by atoms with E-state index in [1.54, 1.807) is 0 Å². The number of carboxylic acids is 1. The summed E-state index contributed by atoms with van der Waals surface area (Å²) in [5.41, 5.74) is 0. The smallest absolute Gasteiger partial charge is 0.310 e. The molecule has 0 bridgehead atoms. The SMILES string of the molecule is CC(=O)CC(=O)O.O=C1CCCCCO1. The second-order valence-corrected chi connectivity index (χ2v) is 3.30. The number of carboxylic acid groups (broad SMARTS) is 1. The maximum absolute atomic E-state index is 10.5. The summed E-state index contributed by atoms with van der Waals surface area (Å²) in [6, 6.07) is 0. The molecule has 0 aliphatic carbocycles. The van der Waals surface area contributed by atoms with Crippen LogP contribution >= 0.6 is 0 Å². The van der Waals surface area contributed by atoms with Crippen molar-refractivity contribution in [2.45, 2.75) is 39.0 Å². The summed E-state index contributed by atoms with van der Waals surface area (Å²) in [6.07, 6.45) is 3.47. The van der Waals surface area contributed by atoms with Crippen LogP contribution in [0, 0.1) is 0 Å². The molecule has 1 N–H and O–H groups in total. The van der Waals surface area contributed by atoms with Crippen molar-refractivity contribution in [3.8, 4) is 0 Å². The molecule has 5 nitrogen and oxygen atoms in total. The lowest BCUT2D eigenvalue weighted by atomic mass is 10.2. The van der Waals surface area contributed by atoms with Gasteiger partial charge in [-0.15, -0.1) is 0 Å². The fourth-order valence-corrected chi connectivity index (χ4v) is 1.02. The highest BCUT2D eigenvalue weighted by atomic mass is 16.5. The van der Waals surface area contributed by atoms with Gasteiger partial charge in [0.25, 0.3) is 0 Å². The van der Waals surface area contributed by atoms with Crippen molar-refractivity contribution in [1.82, 2.24) is 0 Å². The minimum absolute atomic E-state index is 0.0255. The average Bonchev–Trinajstić information content (AvgIpc) is 2.30. The van der Waals surface area contributed by atoms with Crippen molar-refractivity contribution < 1.29 is 24.2 Å². The van der Waals surface area contributed by atoms with Crippen LogP contribution in [0.3, 0.4) is 0 Å². The molecule has 0 amide bonds. The fourth-order valence-electron chi connectivity index (χ4n) is 1.02. The molecular weight excluding hydrogens is 200 g/mol. The maximum atomic E-state index is 10.5. The largest absolute Gasteiger partial charge is 0.481 e. The van der Waals surface area contributed by atoms with E-state index in [0.29, 0.717) is 13.0 Å². The Morgan fingerprint density at radius 2 is 2.00 bits per heavy atom. The molecule has 5 heteroatoms. The van der Waals surface area contributed by atoms with Crippen LogP contribution in [0.4, 0.5) is 0 Å². The Labute approximate surface area is 88.4 Å². The molecule has 1 fully saturated rings. The zero-order valence-corrected chi connectivity index (χ0v) is 8.82. The highest BCUT2D eigenvalue weighted by Crippen LogP contribution is 2.06. The molecule has 1 aliphatic rings. The third kappa shape index (κ3) is 10.5. The Hall–Kier alpha value is -1.39. The molecule has 0 unspecified atom stereocenters. The van der Waals surface area contributed by atoms with Gasteiger partial charge in [0.2, 0.25) is 0 Å². The lowest BCUT2D eigenvalue weighted by molar-refractivity contribution is -0.143. The summed E-state index contributed by atoms with van der Waals surface area (Å²) >= 11 is 0. The van der Waals surface area contributed by atoms with Gasteiger partial charge in [-0.1, -0.05) is 0 Å². The van der Waals surface area contributed by atoms with Gasteiger partial charge < -0.3 is 9.84 Å². The first-order chi connectivity index (χ1) is 7.02. The van der Waals surface area contributed by atoms with Crippen molar-refractivity contribution in [2.24, 2.45) is 0 Å². The average molecular weight is 216 g/mol. The van der Waals surface area contributed by atoms with Crippen LogP contribution in [0.2, 0.25) is 0 Å². The third-order valence-corrected chi connectivity index (χ3v) is 1.69. The number of aliphatic carboxylic acids is 1. The van der Waals surface area contributed by atoms with Crippen LogP contribution in [0.5, 0.6) is 0 Å². The van der Waals surface area contributed by atoms with E-state index in [1.165, 1.54) is 6.92 Å². The normalized spacial score (nSPS) is 15.4. The summed E-state index contributed by atoms with van der Waals surface area (Å²) in [7, 11) is 0. The van der Waals surface area contributed by atoms with E-state index in [9.17, 15) is 14.4 Å². The lowest BCUT2D eigenvalue weighted by Crippen LogP contribution is -2.00. The molecule has 0 aromatic heterocycles. The van der Waals surface area contributed by atoms with E-state index < -0.39 is 5.97 Å². The lowest BCUT2D eigenvalue weighted by Gasteiger charge is -1.93. The predicted molar refractivity (Wildman–Crippen MR) is 52.4 cm³/mol. The van der Waals surface area contributed by atoms with E-state index in [1.807, 2.05) is 0 Å². The van der Waals surface area contributed by atoms with Gasteiger partial charge in [0, 0.05) is 6.42 Å². The second-order valence-electron chi connectivity index (χ2n) is 3.30. The van der Waals surface area contributed by atoms with E-state index in [-0.39, 0.29) is 18.2 Å². The Morgan fingerprint density at radius 1 is 1.33 bits per heavy atom. The van der Waals surface area contributed by atoms with Gasteiger partial charge in [-0.2, -0.15) is 0 Å². The zero-order valence-electron chi connectivity index (χ0n) is 8.82. The first-order valence-electron chi connectivity index (χ1n) is 4.89. The summed E-state index contributed by atoms with van der Waals surface area (Å²) in [5, 5.41) is 7.86. The molecule has 0 saturated carbocycles. The molecule has 0 atom stereocenters. The topological polar surface area (TPSA) is 80.7 Å². The quantitative estimate of drug-likeness (QED) is 0.553. The van der Waals surface area contributed by atoms with Crippen molar-refractivity contribution >= 4 is 17.7 Å². The molecule has 0 aromatic rings. The van der Waals surface area contributed by atoms with Crippen molar-refractivity contribution in [3.05, 3.63) is 0 Å². The summed E-state index contributed by atoms with van der Waals surface area (Å²) in [4.78, 5) is 29.9. The Bertz CT molecular complexity index is 212. The Morgan fingerprint density at radius 3 is 2.47 bits per heavy atom. The van der Waals surface area contributed by atoms with Gasteiger partial charge in [0.15, 0.2) is 0 Å². The van der Waals surface area contributed by atoms with Crippen LogP contribution in [0.25, 0.3) is 0 Å². The van der Waals surface area contributed by atoms with Gasteiger partial charge in [-0.05, 0) is 26.2 Å². The Kier molecular flexibility index (Phi) is 7.23.